The van der Waals surface area contributed by atoms with E-state index < -0.39 is 0 Å². The minimum atomic E-state index is -0.228. The van der Waals surface area contributed by atoms with Gasteiger partial charge < -0.3 is 20.8 Å². The molecule has 2 atom stereocenters. The molecule has 0 aliphatic carbocycles. The van der Waals surface area contributed by atoms with Gasteiger partial charge in [-0.25, -0.2) is 0 Å². The fourth-order valence-electron chi connectivity index (χ4n) is 5.01. The molecule has 2 aromatic carbocycles. The van der Waals surface area contributed by atoms with Gasteiger partial charge in [0.15, 0.2) is 0 Å². The van der Waals surface area contributed by atoms with Crippen molar-refractivity contribution in [1.29, 1.82) is 0 Å². The van der Waals surface area contributed by atoms with Crippen LogP contribution in [0.1, 0.15) is 42.1 Å². The summed E-state index contributed by atoms with van der Waals surface area (Å²) < 4.78 is 5.37. The van der Waals surface area contributed by atoms with E-state index in [9.17, 15) is 0 Å². The van der Waals surface area contributed by atoms with Crippen molar-refractivity contribution in [3.63, 3.8) is 0 Å². The number of pyridine rings is 2. The Hall–Kier alpha value is -4.29. The second-order valence-electron chi connectivity index (χ2n) is 9.84. The van der Waals surface area contributed by atoms with Crippen molar-refractivity contribution in [2.75, 3.05) is 23.8 Å². The van der Waals surface area contributed by atoms with Crippen molar-refractivity contribution in [2.24, 2.45) is 0 Å². The first-order chi connectivity index (χ1) is 19.6. The van der Waals surface area contributed by atoms with Crippen LogP contribution in [0.3, 0.4) is 0 Å². The fraction of sp³-hybridized carbons (Fsp3) is 0.226. The number of rotatable bonds is 9. The number of hydrogen-bond donors (Lipinski definition) is 4. The molecule has 8 nitrogen and oxygen atoms in total. The lowest BCUT2D eigenvalue weighted by Gasteiger charge is -2.33. The Labute approximate surface area is 238 Å². The first-order valence-corrected chi connectivity index (χ1v) is 13.7. The molecule has 0 radical (unpaired) electrons. The van der Waals surface area contributed by atoms with Crippen molar-refractivity contribution in [1.82, 2.24) is 25.9 Å². The Morgan fingerprint density at radius 2 is 1.95 bits per heavy atom. The molecule has 0 bridgehead atoms. The monoisotopic (exact) mass is 551 g/mol. The van der Waals surface area contributed by atoms with Gasteiger partial charge in [0, 0.05) is 35.9 Å². The molecule has 0 unspecified atom stereocenters. The van der Waals surface area contributed by atoms with Crippen molar-refractivity contribution in [2.45, 2.75) is 31.5 Å². The zero-order chi connectivity index (χ0) is 27.5. The molecule has 9 heteroatoms. The number of benzene rings is 2. The standard InChI is InChI=1S/C31H30ClN7O/c1-3-20-16-34-31-25(29(20)36-27(4-2)21-9-6-5-7-10-21)13-23(14-26(31)32)35-30(22-11-8-12-33-15-22)28-17-39(38-37-28)24-18-40-19-24/h1,5-17,24,27,30,35,37-38H,4,18-19H2,2H3,(H,34,36)/t27-,30+/m1/s1. The first kappa shape index (κ1) is 26.0. The second kappa shape index (κ2) is 11.4. The Kier molecular flexibility index (Phi) is 7.43. The number of hydrogen-bond acceptors (Lipinski definition) is 8. The van der Waals surface area contributed by atoms with E-state index in [0.717, 1.165) is 34.4 Å². The molecule has 1 saturated heterocycles. The van der Waals surface area contributed by atoms with E-state index in [4.69, 9.17) is 22.8 Å². The Morgan fingerprint density at radius 3 is 2.65 bits per heavy atom. The van der Waals surface area contributed by atoms with Gasteiger partial charge in [-0.3, -0.25) is 15.0 Å². The second-order valence-corrected chi connectivity index (χ2v) is 10.3. The van der Waals surface area contributed by atoms with Gasteiger partial charge in [-0.1, -0.05) is 60.8 Å². The molecule has 4 heterocycles. The third-order valence-electron chi connectivity index (χ3n) is 7.27. The molecule has 2 aliphatic rings. The average Bonchev–Trinajstić information content (AvgIpc) is 3.43. The number of nitrogens with one attached hydrogen (secondary N) is 4. The molecule has 4 N–H and O–H groups in total. The highest BCUT2D eigenvalue weighted by Gasteiger charge is 2.30. The van der Waals surface area contributed by atoms with Gasteiger partial charge in [0.25, 0.3) is 0 Å². The zero-order valence-electron chi connectivity index (χ0n) is 22.1. The predicted molar refractivity (Wildman–Crippen MR) is 159 cm³/mol. The maximum atomic E-state index is 6.84. The van der Waals surface area contributed by atoms with E-state index in [0.29, 0.717) is 29.3 Å². The summed E-state index contributed by atoms with van der Waals surface area (Å²) in [5.41, 5.74) is 12.7. The van der Waals surface area contributed by atoms with Crippen molar-refractivity contribution >= 4 is 33.9 Å². The van der Waals surface area contributed by atoms with Gasteiger partial charge in [-0.2, -0.15) is 0 Å². The zero-order valence-corrected chi connectivity index (χ0v) is 22.8. The Balaban J connectivity index is 1.39. The Bertz CT molecular complexity index is 1570. The SMILES string of the molecule is C#Cc1cnc2c(Cl)cc(N[C@H](C3=CN(C4COC4)NN3)c3cccnc3)cc2c1N[C@H](CC)c1ccccc1. The van der Waals surface area contributed by atoms with Crippen LogP contribution >= 0.6 is 11.6 Å². The summed E-state index contributed by atoms with van der Waals surface area (Å²) in [6.45, 7) is 3.52. The van der Waals surface area contributed by atoms with Gasteiger partial charge in [0.05, 0.1) is 58.8 Å². The lowest BCUT2D eigenvalue weighted by Crippen LogP contribution is -2.52. The highest BCUT2D eigenvalue weighted by Crippen LogP contribution is 2.37. The van der Waals surface area contributed by atoms with E-state index in [-0.39, 0.29) is 18.1 Å². The summed E-state index contributed by atoms with van der Waals surface area (Å²) >= 11 is 6.84. The quantitative estimate of drug-likeness (QED) is 0.202. The number of terminal acetylenes is 1. The average molecular weight is 552 g/mol. The minimum absolute atomic E-state index is 0.0674. The molecule has 0 amide bonds. The van der Waals surface area contributed by atoms with E-state index >= 15 is 0 Å². The lowest BCUT2D eigenvalue weighted by atomic mass is 10.0. The van der Waals surface area contributed by atoms with E-state index in [1.807, 2.05) is 47.6 Å². The maximum Gasteiger partial charge on any atom is 0.0959 e. The van der Waals surface area contributed by atoms with Crippen molar-refractivity contribution in [3.05, 3.63) is 107 Å². The van der Waals surface area contributed by atoms with Crippen LogP contribution in [-0.2, 0) is 4.74 Å². The number of nitrogens with zero attached hydrogens (tertiary/aromatic N) is 3. The molecule has 2 aliphatic heterocycles. The highest BCUT2D eigenvalue weighted by molar-refractivity contribution is 6.35. The topological polar surface area (TPSA) is 86.4 Å². The predicted octanol–water partition coefficient (Wildman–Crippen LogP) is 5.55. The summed E-state index contributed by atoms with van der Waals surface area (Å²) in [4.78, 5) is 8.97. The van der Waals surface area contributed by atoms with E-state index in [1.165, 1.54) is 5.56 Å². The third kappa shape index (κ3) is 5.15. The van der Waals surface area contributed by atoms with Gasteiger partial charge in [0.1, 0.15) is 0 Å². The summed E-state index contributed by atoms with van der Waals surface area (Å²) in [7, 11) is 0. The number of aromatic nitrogens is 2. The first-order valence-electron chi connectivity index (χ1n) is 13.3. The number of ether oxygens (including phenoxy) is 1. The minimum Gasteiger partial charge on any atom is -0.377 e. The van der Waals surface area contributed by atoms with Gasteiger partial charge in [0.2, 0.25) is 0 Å². The van der Waals surface area contributed by atoms with Crippen LogP contribution in [0.2, 0.25) is 5.02 Å². The van der Waals surface area contributed by atoms with Crippen LogP contribution < -0.4 is 21.6 Å². The van der Waals surface area contributed by atoms with Gasteiger partial charge in [-0.05, 0) is 35.7 Å². The van der Waals surface area contributed by atoms with Gasteiger partial charge in [-0.15, -0.1) is 12.0 Å². The molecule has 202 valence electrons. The largest absolute Gasteiger partial charge is 0.377 e. The van der Waals surface area contributed by atoms with Gasteiger partial charge >= 0.3 is 0 Å². The fourth-order valence-corrected chi connectivity index (χ4v) is 5.28. The molecule has 40 heavy (non-hydrogen) atoms. The Morgan fingerprint density at radius 1 is 1.12 bits per heavy atom. The number of anilines is 2. The van der Waals surface area contributed by atoms with Crippen LogP contribution in [-0.4, -0.2) is 34.2 Å². The number of fused-ring (bicyclic) bond motifs is 1. The van der Waals surface area contributed by atoms with Crippen LogP contribution in [0.5, 0.6) is 0 Å². The van der Waals surface area contributed by atoms with Crippen LogP contribution in [0, 0.1) is 12.3 Å². The smallest absolute Gasteiger partial charge is 0.0959 e. The number of halogens is 1. The third-order valence-corrected chi connectivity index (χ3v) is 7.56. The number of hydrazine groups is 2. The molecule has 0 saturated carbocycles. The normalized spacial score (nSPS) is 16.4. The summed E-state index contributed by atoms with van der Waals surface area (Å²) in [5, 5.41) is 10.8. The molecule has 2 aromatic heterocycles. The van der Waals surface area contributed by atoms with E-state index in [2.05, 4.69) is 68.8 Å². The molecule has 6 rings (SSSR count). The molecule has 1 fully saturated rings. The molecule has 0 spiro atoms. The maximum absolute atomic E-state index is 6.84. The summed E-state index contributed by atoms with van der Waals surface area (Å²) in [5.74, 6) is 2.81. The van der Waals surface area contributed by atoms with Crippen molar-refractivity contribution < 1.29 is 4.74 Å². The van der Waals surface area contributed by atoms with Crippen LogP contribution in [0.15, 0.2) is 85.1 Å². The van der Waals surface area contributed by atoms with E-state index in [1.54, 1.807) is 12.4 Å². The molecule has 4 aromatic rings. The lowest BCUT2D eigenvalue weighted by molar-refractivity contribution is -0.0635. The molecular formula is C31H30ClN7O. The van der Waals surface area contributed by atoms with Crippen LogP contribution in [0.25, 0.3) is 10.9 Å². The van der Waals surface area contributed by atoms with Crippen LogP contribution in [0.4, 0.5) is 11.4 Å². The van der Waals surface area contributed by atoms with Crippen molar-refractivity contribution in [3.8, 4) is 12.3 Å². The summed E-state index contributed by atoms with van der Waals surface area (Å²) in [6.07, 6.45) is 14.2. The highest BCUT2D eigenvalue weighted by atomic mass is 35.5. The summed E-state index contributed by atoms with van der Waals surface area (Å²) in [6, 6.07) is 18.4. The molecular weight excluding hydrogens is 522 g/mol.